The molecule has 0 unspecified atom stereocenters. The summed E-state index contributed by atoms with van der Waals surface area (Å²) in [6.07, 6.45) is -10.2. The van der Waals surface area contributed by atoms with Gasteiger partial charge < -0.3 is 0 Å². The van der Waals surface area contributed by atoms with Crippen molar-refractivity contribution in [2.45, 2.75) is 38.5 Å². The molecule has 388 valence electrons. The van der Waals surface area contributed by atoms with Crippen LogP contribution in [-0.4, -0.2) is 20.5 Å². The van der Waals surface area contributed by atoms with Crippen LogP contribution in [0.5, 0.6) is 17.2 Å². The van der Waals surface area contributed by atoms with Crippen LogP contribution in [0.3, 0.4) is 0 Å². The van der Waals surface area contributed by atoms with E-state index in [1.54, 1.807) is 0 Å². The molecule has 0 aliphatic rings. The summed E-state index contributed by atoms with van der Waals surface area (Å²) in [6.45, 7) is -5.18. The summed E-state index contributed by atoms with van der Waals surface area (Å²) in [6, 6.07) is 73.6. The predicted molar refractivity (Wildman–Crippen MR) is 298 cm³/mol. The van der Waals surface area contributed by atoms with Crippen molar-refractivity contribution in [3.05, 3.63) is 271 Å². The van der Waals surface area contributed by atoms with E-state index < -0.39 is 50.2 Å². The van der Waals surface area contributed by atoms with Gasteiger partial charge in [-0.25, -0.2) is 0 Å². The second-order valence-electron chi connectivity index (χ2n) is 18.3. The Morgan fingerprint density at radius 1 is 0.342 bits per heavy atom. The molecular weight excluding hydrogens is 1010 g/mol. The minimum atomic E-state index is -5.22. The van der Waals surface area contributed by atoms with Crippen molar-refractivity contribution in [3.8, 4) is 17.2 Å². The molecule has 0 amide bonds. The molecule has 0 spiro atoms. The summed E-state index contributed by atoms with van der Waals surface area (Å²) in [4.78, 5) is 0. The minimum absolute atomic E-state index is 0.0806. The van der Waals surface area contributed by atoms with Gasteiger partial charge in [0.25, 0.3) is 0 Å². The van der Waals surface area contributed by atoms with E-state index in [0.717, 1.165) is 11.1 Å². The van der Waals surface area contributed by atoms with E-state index >= 15 is 26.3 Å². The Balaban J connectivity index is 1.46. The molecule has 0 fully saturated rings. The van der Waals surface area contributed by atoms with Gasteiger partial charge in [0, 0.05) is 0 Å². The first-order chi connectivity index (χ1) is 36.7. The third-order valence-electron chi connectivity index (χ3n) is 13.7. The van der Waals surface area contributed by atoms with Crippen LogP contribution in [-0.2, 0) is 33.6 Å². The van der Waals surface area contributed by atoms with Crippen LogP contribution in [0.15, 0.2) is 249 Å². The average Bonchev–Trinajstić information content (AvgIpc) is 3.45. The number of ether oxygens (including phenoxy) is 2. The SMILES string of the molecule is CCOc1ccc(CP(OB(Oc2cc(C(F)(F)F)cc(C(F)(F)F)c2)OP(Cc2ccc(OCC)cc2)(c2ccccc2)(c2ccccc2)c2ccccc2)(c2ccccc2)(c2ccccc2)c2ccccc2)cc1. The van der Waals surface area contributed by atoms with Crippen molar-refractivity contribution in [1.82, 2.24) is 0 Å². The molecule has 76 heavy (non-hydrogen) atoms. The van der Waals surface area contributed by atoms with Gasteiger partial charge in [0.2, 0.25) is 0 Å². The van der Waals surface area contributed by atoms with Crippen LogP contribution in [0.1, 0.15) is 36.1 Å². The summed E-state index contributed by atoms with van der Waals surface area (Å²) >= 11 is 0. The van der Waals surface area contributed by atoms with Gasteiger partial charge in [0.15, 0.2) is 0 Å². The van der Waals surface area contributed by atoms with Gasteiger partial charge in [0.1, 0.15) is 0 Å². The average molecular weight is 1070 g/mol. The molecule has 0 aliphatic heterocycles. The molecule has 0 radical (unpaired) electrons. The van der Waals surface area contributed by atoms with Crippen LogP contribution >= 0.6 is 13.7 Å². The molecule has 0 atom stereocenters. The van der Waals surface area contributed by atoms with E-state index in [1.807, 2.05) is 244 Å². The van der Waals surface area contributed by atoms with E-state index in [2.05, 4.69) is 0 Å². The normalized spacial score (nSPS) is 13.1. The molecule has 0 N–H and O–H groups in total. The number of benzene rings is 9. The zero-order valence-corrected chi connectivity index (χ0v) is 43.6. The Kier molecular flexibility index (Phi) is 15.6. The number of hydrogen-bond acceptors (Lipinski definition) is 5. The number of hydrogen-bond donors (Lipinski definition) is 0. The van der Waals surface area contributed by atoms with Crippen molar-refractivity contribution in [2.24, 2.45) is 0 Å². The van der Waals surface area contributed by atoms with Crippen molar-refractivity contribution >= 4 is 52.8 Å². The Hall–Kier alpha value is -7.20. The van der Waals surface area contributed by atoms with E-state index in [-0.39, 0.29) is 18.4 Å². The zero-order valence-electron chi connectivity index (χ0n) is 41.8. The van der Waals surface area contributed by atoms with Crippen LogP contribution in [0, 0.1) is 0 Å². The quantitative estimate of drug-likeness (QED) is 0.0432. The summed E-state index contributed by atoms with van der Waals surface area (Å²) < 4.78 is 125. The number of rotatable bonds is 20. The first-order valence-corrected chi connectivity index (χ1v) is 29.5. The van der Waals surface area contributed by atoms with Crippen molar-refractivity contribution in [2.75, 3.05) is 13.2 Å². The second kappa shape index (κ2) is 22.2. The molecule has 9 aromatic rings. The molecule has 0 aromatic heterocycles. The fourth-order valence-electron chi connectivity index (χ4n) is 10.3. The van der Waals surface area contributed by atoms with Crippen molar-refractivity contribution in [3.63, 3.8) is 0 Å². The molecule has 0 saturated carbocycles. The Bertz CT molecular complexity index is 2890. The third-order valence-corrected chi connectivity index (χ3v) is 25.2. The van der Waals surface area contributed by atoms with Crippen molar-refractivity contribution < 1.29 is 49.4 Å². The predicted octanol–water partition coefficient (Wildman–Crippen LogP) is 14.2. The zero-order chi connectivity index (χ0) is 53.3. The van der Waals surface area contributed by atoms with Gasteiger partial charge in [-0.15, -0.1) is 0 Å². The van der Waals surface area contributed by atoms with Crippen LogP contribution < -0.4 is 46.0 Å². The number of halogens is 6. The van der Waals surface area contributed by atoms with Gasteiger partial charge in [-0.05, 0) is 0 Å². The van der Waals surface area contributed by atoms with Crippen LogP contribution in [0.25, 0.3) is 0 Å². The maximum atomic E-state index is 15.0. The van der Waals surface area contributed by atoms with Crippen LogP contribution in [0.2, 0.25) is 0 Å². The monoisotopic (exact) mass is 1070 g/mol. The molecule has 14 heteroatoms. The molecule has 9 rings (SSSR count). The first-order valence-electron chi connectivity index (χ1n) is 24.8. The van der Waals surface area contributed by atoms with Gasteiger partial charge in [-0.3, -0.25) is 0 Å². The Morgan fingerprint density at radius 2 is 0.605 bits per heavy atom. The van der Waals surface area contributed by atoms with Gasteiger partial charge >= 0.3 is 442 Å². The third kappa shape index (κ3) is 10.4. The fraction of sp³-hybridized carbons (Fsp3) is 0.129. The number of alkyl halides is 6. The fourth-order valence-corrected chi connectivity index (χ4v) is 21.7. The van der Waals surface area contributed by atoms with E-state index in [0.29, 0.717) is 68.7 Å². The summed E-state index contributed by atoms with van der Waals surface area (Å²) in [5.74, 6) is 0.466. The van der Waals surface area contributed by atoms with E-state index in [9.17, 15) is 0 Å². The summed E-state index contributed by atoms with van der Waals surface area (Å²) in [5, 5.41) is 4.02. The first kappa shape index (κ1) is 53.6. The molecule has 0 heterocycles. The Morgan fingerprint density at radius 3 is 0.842 bits per heavy atom. The van der Waals surface area contributed by atoms with Crippen LogP contribution in [0.4, 0.5) is 26.3 Å². The molecule has 5 nitrogen and oxygen atoms in total. The molecule has 9 aromatic carbocycles. The van der Waals surface area contributed by atoms with Crippen molar-refractivity contribution in [1.29, 1.82) is 0 Å². The van der Waals surface area contributed by atoms with Gasteiger partial charge in [0.05, 0.1) is 0 Å². The standard InChI is InChI=1S/C62H55BF6O5P2/c1-3-70-52-39-35-48(36-40-52)46-75(55-23-11-5-12-24-55,56-25-13-6-14-26-56,57-27-15-7-16-28-57)73-63(72-54-44-50(61(64,65)66)43-51(45-54)62(67,68)69)74-76(58-29-17-8-18-30-58,59-31-19-9-20-32-59,60-33-21-10-22-34-60)47-49-37-41-53(42-38-49)71-4-2/h5-45H,3-4,46-47H2,1-2H3. The second-order valence-corrected chi connectivity index (χ2v) is 27.3. The topological polar surface area (TPSA) is 46.2 Å². The summed E-state index contributed by atoms with van der Waals surface area (Å²) in [7, 11) is -2.12. The maximum absolute atomic E-state index is 15.0. The molecular formula is C62H55BF6O5P2. The molecule has 0 aliphatic carbocycles. The summed E-state index contributed by atoms with van der Waals surface area (Å²) in [5.41, 5.74) is -1.59. The molecule has 0 saturated heterocycles. The molecule has 0 bridgehead atoms. The van der Waals surface area contributed by atoms with E-state index in [4.69, 9.17) is 23.0 Å². The van der Waals surface area contributed by atoms with Gasteiger partial charge in [-0.1, -0.05) is 0 Å². The van der Waals surface area contributed by atoms with Gasteiger partial charge in [-0.2, -0.15) is 0 Å². The van der Waals surface area contributed by atoms with E-state index in [1.165, 1.54) is 0 Å². The Labute approximate surface area is 440 Å².